The van der Waals surface area contributed by atoms with Gasteiger partial charge in [-0.1, -0.05) is 56.9 Å². The van der Waals surface area contributed by atoms with Gasteiger partial charge in [-0.15, -0.1) is 0 Å². The van der Waals surface area contributed by atoms with Crippen LogP contribution in [0, 0.1) is 11.8 Å². The second-order valence-corrected chi connectivity index (χ2v) is 6.31. The first-order valence-electron chi connectivity index (χ1n) is 8.36. The summed E-state index contributed by atoms with van der Waals surface area (Å²) >= 11 is 0. The molecule has 1 aliphatic rings. The van der Waals surface area contributed by atoms with E-state index in [-0.39, 0.29) is 0 Å². The molecule has 0 aliphatic heterocycles. The topological polar surface area (TPSA) is 24.9 Å². The zero-order valence-corrected chi connectivity index (χ0v) is 13.2. The highest BCUT2D eigenvalue weighted by Gasteiger charge is 2.31. The van der Waals surface area contributed by atoms with Gasteiger partial charge in [0.05, 0.1) is 17.3 Å². The number of nitrogens with zero attached hydrogens (tertiary/aromatic N) is 1. The number of fused-ring (bicyclic) bond motifs is 1. The van der Waals surface area contributed by atoms with E-state index in [0.29, 0.717) is 6.04 Å². The summed E-state index contributed by atoms with van der Waals surface area (Å²) in [7, 11) is 2.09. The first-order valence-corrected chi connectivity index (χ1v) is 8.36. The smallest absolute Gasteiger partial charge is 0.0706 e. The molecule has 2 aromatic rings. The molecule has 3 rings (SSSR count). The lowest BCUT2D eigenvalue weighted by atomic mass is 9.73. The van der Waals surface area contributed by atoms with Crippen molar-refractivity contribution in [2.45, 2.75) is 45.1 Å². The van der Waals surface area contributed by atoms with Crippen molar-refractivity contribution in [2.24, 2.45) is 11.8 Å². The molecule has 1 fully saturated rings. The van der Waals surface area contributed by atoms with Crippen LogP contribution >= 0.6 is 0 Å². The van der Waals surface area contributed by atoms with Crippen molar-refractivity contribution >= 4 is 10.9 Å². The maximum Gasteiger partial charge on any atom is 0.0706 e. The Kier molecular flexibility index (Phi) is 4.54. The highest BCUT2D eigenvalue weighted by atomic mass is 14.9. The van der Waals surface area contributed by atoms with Gasteiger partial charge >= 0.3 is 0 Å². The van der Waals surface area contributed by atoms with Crippen molar-refractivity contribution in [1.82, 2.24) is 10.3 Å². The summed E-state index contributed by atoms with van der Waals surface area (Å²) in [5, 5.41) is 4.78. The number of hydrogen-bond donors (Lipinski definition) is 1. The van der Waals surface area contributed by atoms with Crippen LogP contribution in [0.2, 0.25) is 0 Å². The summed E-state index contributed by atoms with van der Waals surface area (Å²) in [5.74, 6) is 1.56. The normalized spacial score (nSPS) is 24.1. The summed E-state index contributed by atoms with van der Waals surface area (Å²) in [6.07, 6.45) is 6.77. The molecular formula is C19H26N2. The molecule has 0 bridgehead atoms. The number of para-hydroxylation sites is 1. The van der Waals surface area contributed by atoms with Gasteiger partial charge in [-0.3, -0.25) is 4.98 Å². The van der Waals surface area contributed by atoms with Gasteiger partial charge in [0.15, 0.2) is 0 Å². The average molecular weight is 282 g/mol. The van der Waals surface area contributed by atoms with E-state index in [1.54, 1.807) is 0 Å². The fraction of sp³-hybridized carbons (Fsp3) is 0.526. The number of benzene rings is 1. The van der Waals surface area contributed by atoms with Gasteiger partial charge < -0.3 is 5.32 Å². The van der Waals surface area contributed by atoms with Crippen LogP contribution in [0.4, 0.5) is 0 Å². The number of nitrogens with one attached hydrogen (secondary N) is 1. The molecule has 21 heavy (non-hydrogen) atoms. The molecule has 1 aliphatic carbocycles. The standard InChI is InChI=1S/C19H26N2/c1-3-14-8-4-6-10-16(14)19(20-2)18-13-12-15-9-5-7-11-17(15)21-18/h5,7,9,11-14,16,19-20H,3-4,6,8,10H2,1-2H3. The van der Waals surface area contributed by atoms with E-state index in [4.69, 9.17) is 4.98 Å². The third-order valence-electron chi connectivity index (χ3n) is 5.17. The molecule has 3 unspecified atom stereocenters. The van der Waals surface area contributed by atoms with E-state index < -0.39 is 0 Å². The van der Waals surface area contributed by atoms with Gasteiger partial charge in [-0.2, -0.15) is 0 Å². The molecule has 2 nitrogen and oxygen atoms in total. The van der Waals surface area contributed by atoms with Crippen LogP contribution in [-0.4, -0.2) is 12.0 Å². The van der Waals surface area contributed by atoms with Crippen LogP contribution in [0.1, 0.15) is 50.8 Å². The molecule has 0 saturated heterocycles. The van der Waals surface area contributed by atoms with Crippen LogP contribution in [0.15, 0.2) is 36.4 Å². The molecule has 3 atom stereocenters. The van der Waals surface area contributed by atoms with Crippen molar-refractivity contribution in [3.63, 3.8) is 0 Å². The van der Waals surface area contributed by atoms with Crippen LogP contribution in [0.5, 0.6) is 0 Å². The molecule has 1 aromatic heterocycles. The maximum atomic E-state index is 4.93. The molecule has 2 heteroatoms. The Hall–Kier alpha value is -1.41. The molecule has 0 spiro atoms. The van der Waals surface area contributed by atoms with E-state index in [9.17, 15) is 0 Å². The fourth-order valence-electron chi connectivity index (χ4n) is 4.02. The largest absolute Gasteiger partial charge is 0.311 e. The quantitative estimate of drug-likeness (QED) is 0.878. The first kappa shape index (κ1) is 14.5. The molecule has 112 valence electrons. The minimum absolute atomic E-state index is 0.389. The van der Waals surface area contributed by atoms with E-state index in [2.05, 4.69) is 55.7 Å². The molecule has 0 amide bonds. The Balaban J connectivity index is 1.93. The van der Waals surface area contributed by atoms with Crippen LogP contribution in [0.25, 0.3) is 10.9 Å². The van der Waals surface area contributed by atoms with E-state index in [1.165, 1.54) is 43.2 Å². The lowest BCUT2D eigenvalue weighted by Crippen LogP contribution is -2.33. The van der Waals surface area contributed by atoms with Gasteiger partial charge in [0, 0.05) is 5.39 Å². The second kappa shape index (κ2) is 6.57. The molecule has 1 N–H and O–H groups in total. The molecule has 1 heterocycles. The Morgan fingerprint density at radius 3 is 2.76 bits per heavy atom. The van der Waals surface area contributed by atoms with Crippen molar-refractivity contribution in [1.29, 1.82) is 0 Å². The number of rotatable bonds is 4. The zero-order chi connectivity index (χ0) is 14.7. The minimum Gasteiger partial charge on any atom is -0.311 e. The van der Waals surface area contributed by atoms with Crippen LogP contribution in [0.3, 0.4) is 0 Å². The minimum atomic E-state index is 0.389. The van der Waals surface area contributed by atoms with E-state index >= 15 is 0 Å². The first-order chi connectivity index (χ1) is 10.3. The SMILES string of the molecule is CCC1CCCCC1C(NC)c1ccc2ccccc2n1. The number of aromatic nitrogens is 1. The molecular weight excluding hydrogens is 256 g/mol. The van der Waals surface area contributed by atoms with Gasteiger partial charge in [0.25, 0.3) is 0 Å². The van der Waals surface area contributed by atoms with Crippen LogP contribution < -0.4 is 5.32 Å². The second-order valence-electron chi connectivity index (χ2n) is 6.31. The Morgan fingerprint density at radius 1 is 1.14 bits per heavy atom. The highest BCUT2D eigenvalue weighted by molar-refractivity contribution is 5.78. The highest BCUT2D eigenvalue weighted by Crippen LogP contribution is 2.39. The van der Waals surface area contributed by atoms with Crippen molar-refractivity contribution < 1.29 is 0 Å². The van der Waals surface area contributed by atoms with Gasteiger partial charge in [0.2, 0.25) is 0 Å². The predicted molar refractivity (Wildman–Crippen MR) is 89.3 cm³/mol. The third-order valence-corrected chi connectivity index (χ3v) is 5.17. The summed E-state index contributed by atoms with van der Waals surface area (Å²) < 4.78 is 0. The Morgan fingerprint density at radius 2 is 1.95 bits per heavy atom. The van der Waals surface area contributed by atoms with Crippen LogP contribution in [-0.2, 0) is 0 Å². The molecule has 1 saturated carbocycles. The number of hydrogen-bond acceptors (Lipinski definition) is 2. The lowest BCUT2D eigenvalue weighted by Gasteiger charge is -2.36. The average Bonchev–Trinajstić information content (AvgIpc) is 2.56. The maximum absolute atomic E-state index is 4.93. The van der Waals surface area contributed by atoms with Gasteiger partial charge in [-0.05, 0) is 37.4 Å². The zero-order valence-electron chi connectivity index (χ0n) is 13.2. The third kappa shape index (κ3) is 2.96. The van der Waals surface area contributed by atoms with Crippen molar-refractivity contribution in [3.05, 3.63) is 42.1 Å². The fourth-order valence-corrected chi connectivity index (χ4v) is 4.02. The van der Waals surface area contributed by atoms with Crippen molar-refractivity contribution in [3.8, 4) is 0 Å². The van der Waals surface area contributed by atoms with Crippen molar-refractivity contribution in [2.75, 3.05) is 7.05 Å². The monoisotopic (exact) mass is 282 g/mol. The summed E-state index contributed by atoms with van der Waals surface area (Å²) in [5.41, 5.74) is 2.32. The molecule has 0 radical (unpaired) electrons. The summed E-state index contributed by atoms with van der Waals surface area (Å²) in [6.45, 7) is 2.34. The molecule has 1 aromatic carbocycles. The van der Waals surface area contributed by atoms with Gasteiger partial charge in [-0.25, -0.2) is 0 Å². The van der Waals surface area contributed by atoms with E-state index in [0.717, 1.165) is 17.4 Å². The Labute approximate surface area is 128 Å². The summed E-state index contributed by atoms with van der Waals surface area (Å²) in [4.78, 5) is 4.93. The summed E-state index contributed by atoms with van der Waals surface area (Å²) in [6, 6.07) is 13.2. The lowest BCUT2D eigenvalue weighted by molar-refractivity contribution is 0.178. The number of pyridine rings is 1. The van der Waals surface area contributed by atoms with E-state index in [1.807, 2.05) is 0 Å². The predicted octanol–water partition coefficient (Wildman–Crippen LogP) is 4.71. The Bertz CT molecular complexity index is 593. The van der Waals surface area contributed by atoms with Gasteiger partial charge in [0.1, 0.15) is 0 Å².